The number of nitrogens with one attached hydrogen (secondary N) is 1. The van der Waals surface area contributed by atoms with Gasteiger partial charge in [0.15, 0.2) is 0 Å². The molecule has 0 radical (unpaired) electrons. The molecule has 1 aromatic carbocycles. The lowest BCUT2D eigenvalue weighted by Crippen LogP contribution is -2.40. The van der Waals surface area contributed by atoms with Gasteiger partial charge in [-0.05, 0) is 25.5 Å². The fraction of sp³-hybridized carbons (Fsp3) is 0.333. The number of para-hydroxylation sites is 1. The summed E-state index contributed by atoms with van der Waals surface area (Å²) in [5.41, 5.74) is -0.774. The second-order valence-corrected chi connectivity index (χ2v) is 3.81. The molecule has 0 saturated heterocycles. The van der Waals surface area contributed by atoms with Crippen molar-refractivity contribution in [3.05, 3.63) is 30.3 Å². The first kappa shape index (κ1) is 12.2. The van der Waals surface area contributed by atoms with Crippen LogP contribution in [0.4, 0.5) is 5.69 Å². The highest BCUT2D eigenvalue weighted by Crippen LogP contribution is 2.23. The van der Waals surface area contributed by atoms with E-state index in [-0.39, 0.29) is 6.42 Å². The van der Waals surface area contributed by atoms with E-state index in [9.17, 15) is 9.59 Å². The topological polar surface area (TPSA) is 66.4 Å². The normalized spacial score (nSPS) is 13.9. The van der Waals surface area contributed by atoms with E-state index in [1.807, 2.05) is 6.07 Å². The van der Waals surface area contributed by atoms with Gasteiger partial charge in [0.25, 0.3) is 0 Å². The van der Waals surface area contributed by atoms with Gasteiger partial charge in [0.2, 0.25) is 5.91 Å². The van der Waals surface area contributed by atoms with E-state index in [1.165, 1.54) is 6.92 Å². The molecule has 86 valence electrons. The molecule has 1 unspecified atom stereocenters. The van der Waals surface area contributed by atoms with Crippen molar-refractivity contribution in [3.8, 4) is 0 Å². The van der Waals surface area contributed by atoms with Crippen molar-refractivity contribution in [1.82, 2.24) is 0 Å². The Hall–Kier alpha value is -1.84. The van der Waals surface area contributed by atoms with Crippen LogP contribution in [0.1, 0.15) is 20.3 Å². The average molecular weight is 221 g/mol. The highest BCUT2D eigenvalue weighted by atomic mass is 16.4. The van der Waals surface area contributed by atoms with Crippen LogP contribution >= 0.6 is 0 Å². The molecule has 0 spiro atoms. The molecule has 1 atom stereocenters. The maximum absolute atomic E-state index is 11.8. The van der Waals surface area contributed by atoms with Crippen LogP contribution in [0.15, 0.2) is 30.3 Å². The molecule has 1 rings (SSSR count). The van der Waals surface area contributed by atoms with Crippen molar-refractivity contribution >= 4 is 17.6 Å². The summed E-state index contributed by atoms with van der Waals surface area (Å²) in [4.78, 5) is 22.8. The lowest BCUT2D eigenvalue weighted by atomic mass is 9.86. The van der Waals surface area contributed by atoms with Crippen LogP contribution in [0.3, 0.4) is 0 Å². The molecular weight excluding hydrogens is 206 g/mol. The smallest absolute Gasteiger partial charge is 0.318 e. The van der Waals surface area contributed by atoms with Crippen LogP contribution in [0.25, 0.3) is 0 Å². The summed E-state index contributed by atoms with van der Waals surface area (Å²) in [5, 5.41) is 11.6. The number of hydrogen-bond donors (Lipinski definition) is 2. The molecule has 0 aliphatic heterocycles. The van der Waals surface area contributed by atoms with Crippen LogP contribution in [0, 0.1) is 5.41 Å². The number of rotatable bonds is 4. The van der Waals surface area contributed by atoms with Crippen molar-refractivity contribution in [2.45, 2.75) is 20.3 Å². The van der Waals surface area contributed by atoms with Gasteiger partial charge in [0.1, 0.15) is 5.41 Å². The van der Waals surface area contributed by atoms with Crippen LogP contribution in [0.2, 0.25) is 0 Å². The minimum Gasteiger partial charge on any atom is -0.480 e. The number of amides is 1. The summed E-state index contributed by atoms with van der Waals surface area (Å²) in [6.45, 7) is 3.10. The molecule has 0 aliphatic carbocycles. The van der Waals surface area contributed by atoms with E-state index < -0.39 is 17.3 Å². The number of carboxylic acids is 1. The number of carbonyl (C=O) groups is 2. The molecule has 0 fully saturated rings. The molecule has 1 aromatic rings. The molecule has 4 nitrogen and oxygen atoms in total. The van der Waals surface area contributed by atoms with Crippen molar-refractivity contribution in [2.75, 3.05) is 5.32 Å². The van der Waals surface area contributed by atoms with E-state index in [2.05, 4.69) is 5.32 Å². The molecule has 0 bridgehead atoms. The van der Waals surface area contributed by atoms with Gasteiger partial charge in [-0.2, -0.15) is 0 Å². The maximum Gasteiger partial charge on any atom is 0.318 e. The lowest BCUT2D eigenvalue weighted by Gasteiger charge is -2.21. The van der Waals surface area contributed by atoms with E-state index in [4.69, 9.17) is 5.11 Å². The van der Waals surface area contributed by atoms with Crippen molar-refractivity contribution in [2.24, 2.45) is 5.41 Å². The standard InChI is InChI=1S/C12H15NO3/c1-3-12(2,11(15)16)10(14)13-9-7-5-4-6-8-9/h4-8H,3H2,1-2H3,(H,13,14)(H,15,16). The second kappa shape index (κ2) is 4.79. The molecule has 0 aliphatic rings. The van der Waals surface area contributed by atoms with Gasteiger partial charge in [-0.25, -0.2) is 0 Å². The van der Waals surface area contributed by atoms with Gasteiger partial charge in [-0.15, -0.1) is 0 Å². The first-order chi connectivity index (χ1) is 7.50. The number of carboxylic acid groups (broad SMARTS) is 1. The Balaban J connectivity index is 2.83. The summed E-state index contributed by atoms with van der Waals surface area (Å²) >= 11 is 0. The fourth-order valence-corrected chi connectivity index (χ4v) is 1.20. The van der Waals surface area contributed by atoms with Crippen LogP contribution in [0.5, 0.6) is 0 Å². The maximum atomic E-state index is 11.8. The highest BCUT2D eigenvalue weighted by Gasteiger charge is 2.39. The fourth-order valence-electron chi connectivity index (χ4n) is 1.20. The molecule has 1 amide bonds. The van der Waals surface area contributed by atoms with Crippen LogP contribution < -0.4 is 5.32 Å². The predicted molar refractivity (Wildman–Crippen MR) is 61.1 cm³/mol. The molecule has 2 N–H and O–H groups in total. The van der Waals surface area contributed by atoms with Crippen molar-refractivity contribution in [3.63, 3.8) is 0 Å². The van der Waals surface area contributed by atoms with Gasteiger partial charge in [0, 0.05) is 5.69 Å². The zero-order valence-corrected chi connectivity index (χ0v) is 9.36. The quantitative estimate of drug-likeness (QED) is 0.765. The number of aliphatic carboxylic acids is 1. The minimum absolute atomic E-state index is 0.251. The second-order valence-electron chi connectivity index (χ2n) is 3.81. The van der Waals surface area contributed by atoms with Crippen molar-refractivity contribution < 1.29 is 14.7 Å². The molecule has 0 heterocycles. The highest BCUT2D eigenvalue weighted by molar-refractivity contribution is 6.07. The van der Waals surface area contributed by atoms with Gasteiger partial charge in [0.05, 0.1) is 0 Å². The van der Waals surface area contributed by atoms with Gasteiger partial charge in [-0.1, -0.05) is 25.1 Å². The van der Waals surface area contributed by atoms with Crippen LogP contribution in [-0.4, -0.2) is 17.0 Å². The SMILES string of the molecule is CCC(C)(C(=O)O)C(=O)Nc1ccccc1. The number of hydrogen-bond acceptors (Lipinski definition) is 2. The predicted octanol–water partition coefficient (Wildman–Crippen LogP) is 2.13. The van der Waals surface area contributed by atoms with E-state index in [0.29, 0.717) is 5.69 Å². The summed E-state index contributed by atoms with van der Waals surface area (Å²) in [6.07, 6.45) is 0.251. The summed E-state index contributed by atoms with van der Waals surface area (Å²) < 4.78 is 0. The summed E-state index contributed by atoms with van der Waals surface area (Å²) in [5.74, 6) is -1.60. The third kappa shape index (κ3) is 2.39. The first-order valence-corrected chi connectivity index (χ1v) is 5.10. The molecule has 16 heavy (non-hydrogen) atoms. The van der Waals surface area contributed by atoms with E-state index >= 15 is 0 Å². The zero-order chi connectivity index (χ0) is 12.2. The Morgan fingerprint density at radius 3 is 2.31 bits per heavy atom. The average Bonchev–Trinajstić information content (AvgIpc) is 2.28. The van der Waals surface area contributed by atoms with Gasteiger partial charge < -0.3 is 10.4 Å². The van der Waals surface area contributed by atoms with Crippen LogP contribution in [-0.2, 0) is 9.59 Å². The summed E-state index contributed by atoms with van der Waals surface area (Å²) in [6, 6.07) is 8.82. The third-order valence-electron chi connectivity index (χ3n) is 2.71. The van der Waals surface area contributed by atoms with Crippen molar-refractivity contribution in [1.29, 1.82) is 0 Å². The minimum atomic E-state index is -1.38. The van der Waals surface area contributed by atoms with E-state index in [0.717, 1.165) is 0 Å². The third-order valence-corrected chi connectivity index (χ3v) is 2.71. The largest absolute Gasteiger partial charge is 0.480 e. The Kier molecular flexibility index (Phi) is 3.66. The molecule has 0 saturated carbocycles. The number of carbonyl (C=O) groups excluding carboxylic acids is 1. The number of benzene rings is 1. The Labute approximate surface area is 94.3 Å². The molecule has 4 heteroatoms. The van der Waals surface area contributed by atoms with Gasteiger partial charge >= 0.3 is 5.97 Å². The monoisotopic (exact) mass is 221 g/mol. The van der Waals surface area contributed by atoms with E-state index in [1.54, 1.807) is 31.2 Å². The Bertz CT molecular complexity index is 389. The number of anilines is 1. The zero-order valence-electron chi connectivity index (χ0n) is 9.36. The molecular formula is C12H15NO3. The Morgan fingerprint density at radius 2 is 1.88 bits per heavy atom. The summed E-state index contributed by atoms with van der Waals surface area (Å²) in [7, 11) is 0. The molecule has 0 aromatic heterocycles. The lowest BCUT2D eigenvalue weighted by molar-refractivity contribution is -0.152. The Morgan fingerprint density at radius 1 is 1.31 bits per heavy atom. The van der Waals surface area contributed by atoms with Gasteiger partial charge in [-0.3, -0.25) is 9.59 Å². The first-order valence-electron chi connectivity index (χ1n) is 5.10.